The molecule has 1 aliphatic rings. The van der Waals surface area contributed by atoms with Crippen molar-refractivity contribution in [1.29, 1.82) is 5.26 Å². The Labute approximate surface area is 115 Å². The standard InChI is InChI=1S/C13H14BrN3O/c14-12-11(6-3-8-16-12)13(18)17(9-7-15)10-4-1-2-5-10/h3,6,8,10H,1-2,4-5,9H2. The second kappa shape index (κ2) is 5.96. The summed E-state index contributed by atoms with van der Waals surface area (Å²) in [6.45, 7) is 0.144. The number of rotatable bonds is 3. The maximum Gasteiger partial charge on any atom is 0.257 e. The van der Waals surface area contributed by atoms with Crippen molar-refractivity contribution in [3.63, 3.8) is 0 Å². The van der Waals surface area contributed by atoms with Crippen molar-refractivity contribution in [2.24, 2.45) is 0 Å². The van der Waals surface area contributed by atoms with Crippen LogP contribution in [0.5, 0.6) is 0 Å². The molecule has 0 bridgehead atoms. The summed E-state index contributed by atoms with van der Waals surface area (Å²) in [6.07, 6.45) is 5.88. The first kappa shape index (κ1) is 13.0. The molecule has 0 saturated heterocycles. The number of hydrogen-bond donors (Lipinski definition) is 0. The summed E-state index contributed by atoms with van der Waals surface area (Å²) >= 11 is 3.28. The van der Waals surface area contributed by atoms with Crippen molar-refractivity contribution >= 4 is 21.8 Å². The van der Waals surface area contributed by atoms with Gasteiger partial charge in [0.2, 0.25) is 0 Å². The van der Waals surface area contributed by atoms with Crippen molar-refractivity contribution in [2.75, 3.05) is 6.54 Å². The van der Waals surface area contributed by atoms with Gasteiger partial charge in [-0.25, -0.2) is 4.98 Å². The zero-order valence-corrected chi connectivity index (χ0v) is 11.6. The zero-order valence-electron chi connectivity index (χ0n) is 9.97. The summed E-state index contributed by atoms with van der Waals surface area (Å²) in [5.74, 6) is -0.108. The number of halogens is 1. The van der Waals surface area contributed by atoms with Crippen LogP contribution in [-0.2, 0) is 0 Å². The molecule has 0 atom stereocenters. The molecule has 0 spiro atoms. The molecule has 4 nitrogen and oxygen atoms in total. The van der Waals surface area contributed by atoms with Crippen LogP contribution in [0.2, 0.25) is 0 Å². The van der Waals surface area contributed by atoms with Crippen LogP contribution < -0.4 is 0 Å². The highest BCUT2D eigenvalue weighted by molar-refractivity contribution is 9.10. The van der Waals surface area contributed by atoms with Crippen LogP contribution in [0, 0.1) is 11.3 Å². The molecule has 94 valence electrons. The van der Waals surface area contributed by atoms with Crippen molar-refractivity contribution in [3.05, 3.63) is 28.5 Å². The maximum absolute atomic E-state index is 12.4. The molecule has 0 N–H and O–H groups in total. The minimum atomic E-state index is -0.108. The normalized spacial score (nSPS) is 15.3. The van der Waals surface area contributed by atoms with Gasteiger partial charge in [0.1, 0.15) is 11.1 Å². The number of pyridine rings is 1. The van der Waals surface area contributed by atoms with E-state index in [1.807, 2.05) is 0 Å². The van der Waals surface area contributed by atoms with Gasteiger partial charge in [-0.05, 0) is 40.9 Å². The summed E-state index contributed by atoms with van der Waals surface area (Å²) in [6, 6.07) is 5.75. The third kappa shape index (κ3) is 2.70. The number of hydrogen-bond acceptors (Lipinski definition) is 3. The molecule has 1 aromatic rings. The quantitative estimate of drug-likeness (QED) is 0.637. The van der Waals surface area contributed by atoms with E-state index in [9.17, 15) is 4.79 Å². The highest BCUT2D eigenvalue weighted by Crippen LogP contribution is 2.25. The second-order valence-corrected chi connectivity index (χ2v) is 5.12. The second-order valence-electron chi connectivity index (χ2n) is 4.37. The third-order valence-corrected chi connectivity index (χ3v) is 3.89. The fourth-order valence-electron chi connectivity index (χ4n) is 2.36. The summed E-state index contributed by atoms with van der Waals surface area (Å²) < 4.78 is 0.538. The first-order valence-corrected chi connectivity index (χ1v) is 6.81. The van der Waals surface area contributed by atoms with E-state index < -0.39 is 0 Å². The predicted molar refractivity (Wildman–Crippen MR) is 70.8 cm³/mol. The van der Waals surface area contributed by atoms with E-state index >= 15 is 0 Å². The van der Waals surface area contributed by atoms with Crippen LogP contribution >= 0.6 is 15.9 Å². The largest absolute Gasteiger partial charge is 0.322 e. The molecule has 1 saturated carbocycles. The van der Waals surface area contributed by atoms with Gasteiger partial charge in [0.25, 0.3) is 5.91 Å². The molecular formula is C13H14BrN3O. The SMILES string of the molecule is N#CCN(C(=O)c1cccnc1Br)C1CCCC1. The maximum atomic E-state index is 12.4. The lowest BCUT2D eigenvalue weighted by molar-refractivity contribution is 0.0708. The van der Waals surface area contributed by atoms with E-state index in [1.54, 1.807) is 23.2 Å². The van der Waals surface area contributed by atoms with Gasteiger partial charge in [-0.15, -0.1) is 0 Å². The van der Waals surface area contributed by atoms with E-state index in [0.717, 1.165) is 25.7 Å². The lowest BCUT2D eigenvalue weighted by Crippen LogP contribution is -2.39. The van der Waals surface area contributed by atoms with E-state index in [0.29, 0.717) is 10.2 Å². The number of aromatic nitrogens is 1. The summed E-state index contributed by atoms with van der Waals surface area (Å²) in [4.78, 5) is 18.2. The predicted octanol–water partition coefficient (Wildman–Crippen LogP) is 2.75. The van der Waals surface area contributed by atoms with Gasteiger partial charge in [0.15, 0.2) is 0 Å². The molecule has 0 radical (unpaired) electrons. The fourth-order valence-corrected chi connectivity index (χ4v) is 2.78. The first-order valence-electron chi connectivity index (χ1n) is 6.02. The summed E-state index contributed by atoms with van der Waals surface area (Å²) in [7, 11) is 0. The van der Waals surface area contributed by atoms with Crippen LogP contribution in [0.3, 0.4) is 0 Å². The number of carbonyl (C=O) groups is 1. The monoisotopic (exact) mass is 307 g/mol. The van der Waals surface area contributed by atoms with Crippen LogP contribution in [0.15, 0.2) is 22.9 Å². The number of nitrogens with zero attached hydrogens (tertiary/aromatic N) is 3. The Morgan fingerprint density at radius 3 is 2.89 bits per heavy atom. The van der Waals surface area contributed by atoms with Crippen molar-refractivity contribution in [3.8, 4) is 6.07 Å². The molecule has 1 aromatic heterocycles. The van der Waals surface area contributed by atoms with Gasteiger partial charge in [-0.1, -0.05) is 12.8 Å². The lowest BCUT2D eigenvalue weighted by atomic mass is 10.1. The Morgan fingerprint density at radius 2 is 2.28 bits per heavy atom. The van der Waals surface area contributed by atoms with E-state index in [2.05, 4.69) is 27.0 Å². The van der Waals surface area contributed by atoms with Crippen molar-refractivity contribution in [1.82, 2.24) is 9.88 Å². The van der Waals surface area contributed by atoms with Crippen LogP contribution in [0.1, 0.15) is 36.0 Å². The minimum Gasteiger partial charge on any atom is -0.322 e. The molecular weight excluding hydrogens is 294 g/mol. The number of carbonyl (C=O) groups excluding carboxylic acids is 1. The first-order chi connectivity index (χ1) is 8.74. The Kier molecular flexibility index (Phi) is 4.32. The van der Waals surface area contributed by atoms with Crippen LogP contribution in [0.25, 0.3) is 0 Å². The van der Waals surface area contributed by atoms with Crippen molar-refractivity contribution in [2.45, 2.75) is 31.7 Å². The lowest BCUT2D eigenvalue weighted by Gasteiger charge is -2.26. The topological polar surface area (TPSA) is 57.0 Å². The van der Waals surface area contributed by atoms with Gasteiger partial charge in [0.05, 0.1) is 11.6 Å². The molecule has 18 heavy (non-hydrogen) atoms. The van der Waals surface area contributed by atoms with Crippen LogP contribution in [0.4, 0.5) is 0 Å². The van der Waals surface area contributed by atoms with E-state index in [1.165, 1.54) is 0 Å². The number of amides is 1. The van der Waals surface area contributed by atoms with Gasteiger partial charge < -0.3 is 4.90 Å². The Balaban J connectivity index is 2.23. The number of nitriles is 1. The van der Waals surface area contributed by atoms with E-state index in [4.69, 9.17) is 5.26 Å². The van der Waals surface area contributed by atoms with Crippen molar-refractivity contribution < 1.29 is 4.79 Å². The highest BCUT2D eigenvalue weighted by atomic mass is 79.9. The van der Waals surface area contributed by atoms with Gasteiger partial charge in [-0.2, -0.15) is 5.26 Å². The smallest absolute Gasteiger partial charge is 0.257 e. The third-order valence-electron chi connectivity index (χ3n) is 3.26. The van der Waals surface area contributed by atoms with E-state index in [-0.39, 0.29) is 18.5 Å². The van der Waals surface area contributed by atoms with Gasteiger partial charge >= 0.3 is 0 Å². The Morgan fingerprint density at radius 1 is 1.56 bits per heavy atom. The molecule has 1 fully saturated rings. The molecule has 1 aliphatic carbocycles. The molecule has 0 unspecified atom stereocenters. The zero-order chi connectivity index (χ0) is 13.0. The summed E-state index contributed by atoms with van der Waals surface area (Å²) in [5, 5.41) is 8.89. The highest BCUT2D eigenvalue weighted by Gasteiger charge is 2.28. The Hall–Kier alpha value is -1.41. The van der Waals surface area contributed by atoms with Gasteiger partial charge in [-0.3, -0.25) is 4.79 Å². The average molecular weight is 308 g/mol. The fraction of sp³-hybridized carbons (Fsp3) is 0.462. The summed E-state index contributed by atoms with van der Waals surface area (Å²) in [5.41, 5.74) is 0.527. The molecule has 0 aliphatic heterocycles. The van der Waals surface area contributed by atoms with Crippen LogP contribution in [-0.4, -0.2) is 28.4 Å². The molecule has 5 heteroatoms. The Bertz CT molecular complexity index is 477. The molecule has 1 heterocycles. The molecule has 1 amide bonds. The van der Waals surface area contributed by atoms with Gasteiger partial charge in [0, 0.05) is 12.2 Å². The molecule has 2 rings (SSSR count). The molecule has 0 aromatic carbocycles. The minimum absolute atomic E-state index is 0.108. The average Bonchev–Trinajstić information content (AvgIpc) is 2.89.